The second-order valence-corrected chi connectivity index (χ2v) is 4.30. The minimum Gasteiger partial charge on any atom is -0.399 e. The van der Waals surface area contributed by atoms with Crippen molar-refractivity contribution in [2.24, 2.45) is 0 Å². The second kappa shape index (κ2) is 5.39. The van der Waals surface area contributed by atoms with Crippen LogP contribution >= 0.6 is 0 Å². The van der Waals surface area contributed by atoms with Gasteiger partial charge in [-0.3, -0.25) is 10.1 Å². The highest BCUT2D eigenvalue weighted by molar-refractivity contribution is 5.59. The zero-order valence-corrected chi connectivity index (χ0v) is 10.6. The van der Waals surface area contributed by atoms with Crippen LogP contribution < -0.4 is 11.1 Å². The van der Waals surface area contributed by atoms with Crippen molar-refractivity contribution in [2.75, 3.05) is 11.1 Å². The smallest absolute Gasteiger partial charge is 0.274 e. The lowest BCUT2D eigenvalue weighted by molar-refractivity contribution is -0.385. The summed E-state index contributed by atoms with van der Waals surface area (Å²) >= 11 is 0. The van der Waals surface area contributed by atoms with E-state index < -0.39 is 0 Å². The molecule has 98 valence electrons. The number of benzene rings is 2. The summed E-state index contributed by atoms with van der Waals surface area (Å²) in [6.45, 7) is 2.34. The number of nitro benzene ring substituents is 1. The Kier molecular flexibility index (Phi) is 3.66. The highest BCUT2D eigenvalue weighted by atomic mass is 16.6. The van der Waals surface area contributed by atoms with Crippen LogP contribution in [0.15, 0.2) is 42.5 Å². The van der Waals surface area contributed by atoms with Crippen molar-refractivity contribution in [3.05, 3.63) is 63.7 Å². The Morgan fingerprint density at radius 1 is 1.21 bits per heavy atom. The molecule has 0 aliphatic heterocycles. The van der Waals surface area contributed by atoms with Crippen LogP contribution in [0.25, 0.3) is 0 Å². The quantitative estimate of drug-likeness (QED) is 0.501. The van der Waals surface area contributed by atoms with Gasteiger partial charge in [-0.15, -0.1) is 0 Å². The molecule has 0 bridgehead atoms. The second-order valence-electron chi connectivity index (χ2n) is 4.30. The highest BCUT2D eigenvalue weighted by Crippen LogP contribution is 2.25. The molecule has 0 atom stereocenters. The van der Waals surface area contributed by atoms with Gasteiger partial charge in [0.1, 0.15) is 0 Å². The van der Waals surface area contributed by atoms with Crippen LogP contribution in [0.1, 0.15) is 11.1 Å². The number of hydrogen-bond acceptors (Lipinski definition) is 4. The van der Waals surface area contributed by atoms with Gasteiger partial charge in [-0.2, -0.15) is 0 Å². The molecule has 0 aliphatic rings. The first-order valence-corrected chi connectivity index (χ1v) is 5.90. The van der Waals surface area contributed by atoms with Crippen LogP contribution in [0.3, 0.4) is 0 Å². The number of anilines is 2. The van der Waals surface area contributed by atoms with Gasteiger partial charge in [-0.1, -0.05) is 18.2 Å². The molecule has 0 heterocycles. The Morgan fingerprint density at radius 2 is 1.89 bits per heavy atom. The van der Waals surface area contributed by atoms with Gasteiger partial charge in [-0.05, 0) is 30.7 Å². The van der Waals surface area contributed by atoms with Crippen molar-refractivity contribution in [3.8, 4) is 0 Å². The lowest BCUT2D eigenvalue weighted by Crippen LogP contribution is -2.02. The summed E-state index contributed by atoms with van der Waals surface area (Å²) in [5.74, 6) is 0. The van der Waals surface area contributed by atoms with Crippen LogP contribution in [-0.4, -0.2) is 4.92 Å². The van der Waals surface area contributed by atoms with Crippen molar-refractivity contribution in [3.63, 3.8) is 0 Å². The van der Waals surface area contributed by atoms with Crippen LogP contribution in [-0.2, 0) is 6.54 Å². The zero-order chi connectivity index (χ0) is 13.8. The Labute approximate surface area is 111 Å². The van der Waals surface area contributed by atoms with Gasteiger partial charge in [0.2, 0.25) is 0 Å². The van der Waals surface area contributed by atoms with Crippen LogP contribution in [0.2, 0.25) is 0 Å². The molecule has 0 aromatic heterocycles. The largest absolute Gasteiger partial charge is 0.399 e. The maximum absolute atomic E-state index is 10.8. The molecule has 2 aromatic carbocycles. The Morgan fingerprint density at radius 3 is 2.53 bits per heavy atom. The molecule has 0 aliphatic carbocycles. The number of nitro groups is 1. The molecule has 0 radical (unpaired) electrons. The molecular formula is C14H15N3O2. The Hall–Kier alpha value is -2.56. The summed E-state index contributed by atoms with van der Waals surface area (Å²) in [5, 5.41) is 14.0. The van der Waals surface area contributed by atoms with E-state index in [0.717, 1.165) is 16.9 Å². The summed E-state index contributed by atoms with van der Waals surface area (Å²) in [7, 11) is 0. The fourth-order valence-electron chi connectivity index (χ4n) is 1.85. The van der Waals surface area contributed by atoms with Crippen LogP contribution in [0.4, 0.5) is 17.1 Å². The van der Waals surface area contributed by atoms with Gasteiger partial charge < -0.3 is 11.1 Å². The summed E-state index contributed by atoms with van der Waals surface area (Å²) < 4.78 is 0. The standard InChI is InChI=1S/C14H15N3O2/c1-10-13(3-2-4-14(10)17(18)19)16-9-11-5-7-12(15)8-6-11/h2-8,16H,9,15H2,1H3. The third-order valence-electron chi connectivity index (χ3n) is 2.96. The van der Waals surface area contributed by atoms with E-state index >= 15 is 0 Å². The lowest BCUT2D eigenvalue weighted by atomic mass is 10.1. The highest BCUT2D eigenvalue weighted by Gasteiger charge is 2.12. The third-order valence-corrected chi connectivity index (χ3v) is 2.96. The van der Waals surface area contributed by atoms with E-state index in [4.69, 9.17) is 5.73 Å². The summed E-state index contributed by atoms with van der Waals surface area (Å²) in [5.41, 5.74) is 8.94. The molecule has 0 amide bonds. The van der Waals surface area contributed by atoms with Crippen LogP contribution in [0.5, 0.6) is 0 Å². The van der Waals surface area contributed by atoms with Gasteiger partial charge in [0.05, 0.1) is 4.92 Å². The average molecular weight is 257 g/mol. The molecule has 0 unspecified atom stereocenters. The number of rotatable bonds is 4. The van der Waals surface area contributed by atoms with Crippen molar-refractivity contribution < 1.29 is 4.92 Å². The Balaban J connectivity index is 2.13. The molecule has 3 N–H and O–H groups in total. The van der Waals surface area contributed by atoms with Gasteiger partial charge in [-0.25, -0.2) is 0 Å². The normalized spacial score (nSPS) is 10.2. The molecule has 0 fully saturated rings. The van der Waals surface area contributed by atoms with Crippen molar-refractivity contribution in [1.82, 2.24) is 0 Å². The molecular weight excluding hydrogens is 242 g/mol. The predicted molar refractivity (Wildman–Crippen MR) is 76.0 cm³/mol. The van der Waals surface area contributed by atoms with Crippen molar-refractivity contribution in [2.45, 2.75) is 13.5 Å². The van der Waals surface area contributed by atoms with Gasteiger partial charge in [0, 0.05) is 29.5 Å². The van der Waals surface area contributed by atoms with E-state index in [1.54, 1.807) is 13.0 Å². The zero-order valence-electron chi connectivity index (χ0n) is 10.6. The van der Waals surface area contributed by atoms with E-state index in [1.807, 2.05) is 30.3 Å². The number of nitrogens with one attached hydrogen (secondary N) is 1. The van der Waals surface area contributed by atoms with Gasteiger partial charge in [0.15, 0.2) is 0 Å². The number of hydrogen-bond donors (Lipinski definition) is 2. The van der Waals surface area contributed by atoms with E-state index in [1.165, 1.54) is 6.07 Å². The first-order valence-electron chi connectivity index (χ1n) is 5.90. The molecule has 0 saturated carbocycles. The fourth-order valence-corrected chi connectivity index (χ4v) is 1.85. The SMILES string of the molecule is Cc1c(NCc2ccc(N)cc2)cccc1[N+](=O)[O-]. The molecule has 5 nitrogen and oxygen atoms in total. The van der Waals surface area contributed by atoms with Crippen molar-refractivity contribution >= 4 is 17.1 Å². The first-order chi connectivity index (χ1) is 9.08. The average Bonchev–Trinajstić information content (AvgIpc) is 2.39. The maximum Gasteiger partial charge on any atom is 0.274 e. The van der Waals surface area contributed by atoms with Crippen molar-refractivity contribution in [1.29, 1.82) is 0 Å². The van der Waals surface area contributed by atoms with Crippen LogP contribution in [0, 0.1) is 17.0 Å². The first kappa shape index (κ1) is 12.9. The Bertz CT molecular complexity index is 594. The molecule has 19 heavy (non-hydrogen) atoms. The predicted octanol–water partition coefficient (Wildman–Crippen LogP) is 3.10. The summed E-state index contributed by atoms with van der Waals surface area (Å²) in [6.07, 6.45) is 0. The molecule has 5 heteroatoms. The third kappa shape index (κ3) is 3.01. The van der Waals surface area contributed by atoms with Gasteiger partial charge >= 0.3 is 0 Å². The topological polar surface area (TPSA) is 81.2 Å². The summed E-state index contributed by atoms with van der Waals surface area (Å²) in [4.78, 5) is 10.5. The lowest BCUT2D eigenvalue weighted by Gasteiger charge is -2.09. The minimum atomic E-state index is -0.371. The maximum atomic E-state index is 10.8. The minimum absolute atomic E-state index is 0.127. The van der Waals surface area contributed by atoms with Gasteiger partial charge in [0.25, 0.3) is 5.69 Å². The molecule has 0 spiro atoms. The number of nitrogens with two attached hydrogens (primary N) is 1. The number of nitrogens with zero attached hydrogens (tertiary/aromatic N) is 1. The van der Waals surface area contributed by atoms with E-state index in [0.29, 0.717) is 12.1 Å². The summed E-state index contributed by atoms with van der Waals surface area (Å²) in [6, 6.07) is 12.5. The number of nitrogen functional groups attached to an aromatic ring is 1. The molecule has 2 rings (SSSR count). The molecule has 2 aromatic rings. The van der Waals surface area contributed by atoms with E-state index in [2.05, 4.69) is 5.32 Å². The monoisotopic (exact) mass is 257 g/mol. The fraction of sp³-hybridized carbons (Fsp3) is 0.143. The van der Waals surface area contributed by atoms with E-state index in [9.17, 15) is 10.1 Å². The molecule has 0 saturated heterocycles. The van der Waals surface area contributed by atoms with E-state index in [-0.39, 0.29) is 10.6 Å².